The Morgan fingerprint density at radius 2 is 1.86 bits per heavy atom. The maximum Gasteiger partial charge on any atom is 0.233 e. The van der Waals surface area contributed by atoms with Gasteiger partial charge < -0.3 is 4.74 Å². The zero-order valence-electron chi connectivity index (χ0n) is 11.9. The smallest absolute Gasteiger partial charge is 0.233 e. The number of rotatable bonds is 3. The van der Waals surface area contributed by atoms with Crippen molar-refractivity contribution in [3.63, 3.8) is 0 Å². The van der Waals surface area contributed by atoms with Gasteiger partial charge in [0.15, 0.2) is 15.6 Å². The van der Waals surface area contributed by atoms with E-state index in [1.807, 2.05) is 0 Å². The standard InChI is InChI=1S/C14H18N2O4S/c1-20-13-6-5-12(15-16-13)14(17)9-7-10-3-2-4-11(8-9)21(10,18)19/h5-6,9-11H,2-4,7-8H2,1H3. The first-order valence-electron chi connectivity index (χ1n) is 7.17. The largest absolute Gasteiger partial charge is 0.480 e. The highest BCUT2D eigenvalue weighted by Crippen LogP contribution is 2.40. The van der Waals surface area contributed by atoms with Gasteiger partial charge in [0, 0.05) is 12.0 Å². The molecule has 114 valence electrons. The topological polar surface area (TPSA) is 86.2 Å². The van der Waals surface area contributed by atoms with Gasteiger partial charge in [0.2, 0.25) is 5.88 Å². The zero-order valence-corrected chi connectivity index (χ0v) is 12.7. The van der Waals surface area contributed by atoms with Crippen molar-refractivity contribution < 1.29 is 17.9 Å². The summed E-state index contributed by atoms with van der Waals surface area (Å²) in [5, 5.41) is 6.97. The molecule has 2 aliphatic heterocycles. The molecule has 0 aromatic carbocycles. The van der Waals surface area contributed by atoms with Crippen LogP contribution in [0.5, 0.6) is 5.88 Å². The highest BCUT2D eigenvalue weighted by atomic mass is 32.2. The number of nitrogens with zero attached hydrogens (tertiary/aromatic N) is 2. The van der Waals surface area contributed by atoms with Crippen molar-refractivity contribution in [1.29, 1.82) is 0 Å². The van der Waals surface area contributed by atoms with Crippen LogP contribution < -0.4 is 4.74 Å². The van der Waals surface area contributed by atoms with Gasteiger partial charge in [-0.05, 0) is 31.7 Å². The van der Waals surface area contributed by atoms with Crippen LogP contribution in [0.15, 0.2) is 12.1 Å². The Kier molecular flexibility index (Phi) is 3.69. The fourth-order valence-electron chi connectivity index (χ4n) is 3.39. The molecule has 0 radical (unpaired) electrons. The van der Waals surface area contributed by atoms with Crippen molar-refractivity contribution in [2.45, 2.75) is 42.6 Å². The first-order chi connectivity index (χ1) is 10.0. The number of sulfone groups is 1. The van der Waals surface area contributed by atoms with E-state index in [4.69, 9.17) is 4.74 Å². The number of carbonyl (C=O) groups is 1. The zero-order chi connectivity index (χ0) is 15.0. The lowest BCUT2D eigenvalue weighted by atomic mass is 9.85. The lowest BCUT2D eigenvalue weighted by molar-refractivity contribution is 0.0887. The number of ketones is 1. The van der Waals surface area contributed by atoms with Crippen LogP contribution in [-0.2, 0) is 9.84 Å². The van der Waals surface area contributed by atoms with Gasteiger partial charge in [-0.15, -0.1) is 10.2 Å². The third kappa shape index (κ3) is 2.54. The highest BCUT2D eigenvalue weighted by molar-refractivity contribution is 7.92. The van der Waals surface area contributed by atoms with Gasteiger partial charge in [-0.2, -0.15) is 0 Å². The number of hydrogen-bond donors (Lipinski definition) is 0. The average molecular weight is 310 g/mol. The predicted molar refractivity (Wildman–Crippen MR) is 76.0 cm³/mol. The first-order valence-corrected chi connectivity index (χ1v) is 8.78. The van der Waals surface area contributed by atoms with Gasteiger partial charge in [0.05, 0.1) is 17.6 Å². The number of fused-ring (bicyclic) bond motifs is 2. The van der Waals surface area contributed by atoms with Crippen molar-refractivity contribution in [1.82, 2.24) is 10.2 Å². The second-order valence-electron chi connectivity index (χ2n) is 5.76. The minimum Gasteiger partial charge on any atom is -0.480 e. The molecule has 0 amide bonds. The van der Waals surface area contributed by atoms with E-state index < -0.39 is 9.84 Å². The lowest BCUT2D eigenvalue weighted by Crippen LogP contribution is -2.45. The van der Waals surface area contributed by atoms with Crippen LogP contribution in [0.1, 0.15) is 42.6 Å². The Hall–Kier alpha value is -1.50. The summed E-state index contributed by atoms with van der Waals surface area (Å²) in [6, 6.07) is 3.19. The average Bonchev–Trinajstić information content (AvgIpc) is 2.45. The lowest BCUT2D eigenvalue weighted by Gasteiger charge is -2.37. The third-order valence-electron chi connectivity index (χ3n) is 4.55. The molecule has 0 saturated carbocycles. The Morgan fingerprint density at radius 1 is 1.19 bits per heavy atom. The summed E-state index contributed by atoms with van der Waals surface area (Å²) < 4.78 is 29.4. The molecule has 7 heteroatoms. The maximum atomic E-state index is 12.5. The SMILES string of the molecule is COc1ccc(C(=O)C2CC3CCCC(C2)S3(=O)=O)nn1. The van der Waals surface area contributed by atoms with Crippen LogP contribution in [-0.4, -0.2) is 42.0 Å². The minimum atomic E-state index is -3.03. The van der Waals surface area contributed by atoms with Gasteiger partial charge in [-0.3, -0.25) is 4.79 Å². The second-order valence-corrected chi connectivity index (χ2v) is 8.27. The van der Waals surface area contributed by atoms with E-state index in [9.17, 15) is 13.2 Å². The summed E-state index contributed by atoms with van der Waals surface area (Å²) >= 11 is 0. The molecule has 2 bridgehead atoms. The molecule has 3 rings (SSSR count). The highest BCUT2D eigenvalue weighted by Gasteiger charge is 2.46. The fourth-order valence-corrected chi connectivity index (χ4v) is 5.93. The van der Waals surface area contributed by atoms with Crippen LogP contribution in [0.2, 0.25) is 0 Å². The number of hydrogen-bond acceptors (Lipinski definition) is 6. The monoisotopic (exact) mass is 310 g/mol. The molecule has 0 N–H and O–H groups in total. The fraction of sp³-hybridized carbons (Fsp3) is 0.643. The Labute approximate surface area is 123 Å². The maximum absolute atomic E-state index is 12.5. The van der Waals surface area contributed by atoms with Crippen LogP contribution in [0.25, 0.3) is 0 Å². The molecule has 2 fully saturated rings. The van der Waals surface area contributed by atoms with Crippen molar-refractivity contribution in [2.24, 2.45) is 5.92 Å². The van der Waals surface area contributed by atoms with Crippen molar-refractivity contribution in [2.75, 3.05) is 7.11 Å². The molecule has 0 spiro atoms. The van der Waals surface area contributed by atoms with E-state index in [2.05, 4.69) is 10.2 Å². The molecule has 6 nitrogen and oxygen atoms in total. The van der Waals surface area contributed by atoms with Gasteiger partial charge in [0.25, 0.3) is 0 Å². The van der Waals surface area contributed by atoms with E-state index in [1.165, 1.54) is 7.11 Å². The number of aromatic nitrogens is 2. The third-order valence-corrected chi connectivity index (χ3v) is 7.26. The Balaban J connectivity index is 1.80. The molecule has 2 saturated heterocycles. The summed E-state index contributed by atoms with van der Waals surface area (Å²) in [5.74, 6) is -0.00175. The number of carbonyl (C=O) groups excluding carboxylic acids is 1. The summed E-state index contributed by atoms with van der Waals surface area (Å²) in [4.78, 5) is 12.5. The van der Waals surface area contributed by atoms with E-state index in [0.29, 0.717) is 31.6 Å². The molecule has 21 heavy (non-hydrogen) atoms. The summed E-state index contributed by atoms with van der Waals surface area (Å²) in [5.41, 5.74) is 0.290. The Bertz CT molecular complexity index is 621. The van der Waals surface area contributed by atoms with E-state index >= 15 is 0 Å². The first kappa shape index (κ1) is 14.4. The summed E-state index contributed by atoms with van der Waals surface area (Å²) in [7, 11) is -1.55. The molecule has 2 aliphatic rings. The molecule has 0 aliphatic carbocycles. The summed E-state index contributed by atoms with van der Waals surface area (Å²) in [6.07, 6.45) is 3.14. The normalized spacial score (nSPS) is 30.6. The van der Waals surface area contributed by atoms with Gasteiger partial charge in [-0.25, -0.2) is 8.42 Å². The van der Waals surface area contributed by atoms with E-state index in [0.717, 1.165) is 6.42 Å². The van der Waals surface area contributed by atoms with Gasteiger partial charge in [0.1, 0.15) is 5.69 Å². The molecular formula is C14H18N2O4S. The van der Waals surface area contributed by atoms with E-state index in [1.54, 1.807) is 12.1 Å². The molecule has 2 atom stereocenters. The van der Waals surface area contributed by atoms with Crippen LogP contribution >= 0.6 is 0 Å². The second kappa shape index (κ2) is 5.36. The van der Waals surface area contributed by atoms with Gasteiger partial charge in [-0.1, -0.05) is 6.42 Å². The number of Topliss-reactive ketones (excluding diaryl/α,β-unsaturated/α-hetero) is 1. The van der Waals surface area contributed by atoms with Crippen molar-refractivity contribution in [3.05, 3.63) is 17.8 Å². The van der Waals surface area contributed by atoms with Crippen LogP contribution in [0.3, 0.4) is 0 Å². The van der Waals surface area contributed by atoms with Crippen molar-refractivity contribution >= 4 is 15.6 Å². The number of methoxy groups -OCH3 is 1. The van der Waals surface area contributed by atoms with E-state index in [-0.39, 0.29) is 27.9 Å². The van der Waals surface area contributed by atoms with Crippen LogP contribution in [0.4, 0.5) is 0 Å². The molecule has 1 aromatic rings. The quantitative estimate of drug-likeness (QED) is 0.785. The predicted octanol–water partition coefficient (Wildman–Crippen LogP) is 1.41. The summed E-state index contributed by atoms with van der Waals surface area (Å²) in [6.45, 7) is 0. The minimum absolute atomic E-state index is 0.100. The van der Waals surface area contributed by atoms with Crippen molar-refractivity contribution in [3.8, 4) is 5.88 Å². The molecule has 3 heterocycles. The molecule has 2 unspecified atom stereocenters. The molecule has 1 aromatic heterocycles. The number of ether oxygens (including phenoxy) is 1. The Morgan fingerprint density at radius 3 is 2.38 bits per heavy atom. The molecular weight excluding hydrogens is 292 g/mol. The van der Waals surface area contributed by atoms with Crippen LogP contribution in [0, 0.1) is 5.92 Å². The van der Waals surface area contributed by atoms with Gasteiger partial charge >= 0.3 is 0 Å².